The van der Waals surface area contributed by atoms with Gasteiger partial charge in [-0.1, -0.05) is 17.7 Å². The van der Waals surface area contributed by atoms with Gasteiger partial charge in [0.2, 0.25) is 0 Å². The number of halogens is 1. The maximum Gasteiger partial charge on any atom is 0.254 e. The van der Waals surface area contributed by atoms with E-state index in [1.807, 2.05) is 70.1 Å². The Balaban J connectivity index is 1.34. The maximum absolute atomic E-state index is 13.2. The second-order valence-corrected chi connectivity index (χ2v) is 8.21. The number of fused-ring (bicyclic) bond motifs is 1. The summed E-state index contributed by atoms with van der Waals surface area (Å²) in [6.07, 6.45) is 1.77. The number of nitrogens with zero attached hydrogens (tertiary/aromatic N) is 4. The molecule has 0 aliphatic carbocycles. The molecule has 1 fully saturated rings. The summed E-state index contributed by atoms with van der Waals surface area (Å²) < 4.78 is 7.31. The minimum atomic E-state index is 0.0426. The van der Waals surface area contributed by atoms with E-state index >= 15 is 0 Å². The molecule has 32 heavy (non-hydrogen) atoms. The molecule has 5 rings (SSSR count). The lowest BCUT2D eigenvalue weighted by molar-refractivity contribution is 0.0747. The molecule has 0 radical (unpaired) electrons. The van der Waals surface area contributed by atoms with E-state index in [9.17, 15) is 4.79 Å². The van der Waals surface area contributed by atoms with Gasteiger partial charge in [-0.05, 0) is 54.6 Å². The van der Waals surface area contributed by atoms with Gasteiger partial charge < -0.3 is 14.5 Å². The summed E-state index contributed by atoms with van der Waals surface area (Å²) in [5, 5.41) is 0.683. The number of amides is 1. The second kappa shape index (κ2) is 8.55. The highest BCUT2D eigenvalue weighted by atomic mass is 35.5. The first-order valence-corrected chi connectivity index (χ1v) is 10.9. The van der Waals surface area contributed by atoms with Crippen LogP contribution < -0.4 is 9.64 Å². The Kier molecular flexibility index (Phi) is 5.45. The van der Waals surface area contributed by atoms with Crippen molar-refractivity contribution in [3.8, 4) is 11.4 Å². The van der Waals surface area contributed by atoms with E-state index in [2.05, 4.69) is 16.0 Å². The Labute approximate surface area is 191 Å². The van der Waals surface area contributed by atoms with E-state index in [0.29, 0.717) is 23.7 Å². The summed E-state index contributed by atoms with van der Waals surface area (Å²) in [6.45, 7) is 2.91. The van der Waals surface area contributed by atoms with Gasteiger partial charge >= 0.3 is 0 Å². The smallest absolute Gasteiger partial charge is 0.254 e. The molecule has 0 N–H and O–H groups in total. The van der Waals surface area contributed by atoms with Crippen LogP contribution >= 0.6 is 11.6 Å². The summed E-state index contributed by atoms with van der Waals surface area (Å²) in [5.41, 5.74) is 4.48. The molecule has 6 nitrogen and oxygen atoms in total. The molecule has 2 heterocycles. The zero-order valence-electron chi connectivity index (χ0n) is 17.7. The molecular weight excluding hydrogens is 424 g/mol. The molecule has 0 saturated carbocycles. The molecule has 3 aromatic carbocycles. The third-order valence-electron chi connectivity index (χ3n) is 5.88. The number of benzene rings is 3. The number of rotatable bonds is 4. The summed E-state index contributed by atoms with van der Waals surface area (Å²) in [6, 6.07) is 21.3. The number of anilines is 1. The third kappa shape index (κ3) is 3.89. The van der Waals surface area contributed by atoms with Crippen molar-refractivity contribution in [3.05, 3.63) is 83.6 Å². The maximum atomic E-state index is 13.2. The number of imidazole rings is 1. The molecule has 0 bridgehead atoms. The Hall–Kier alpha value is -3.51. The summed E-state index contributed by atoms with van der Waals surface area (Å²) in [5.74, 6) is 0.882. The van der Waals surface area contributed by atoms with Crippen LogP contribution in [0.25, 0.3) is 16.7 Å². The largest absolute Gasteiger partial charge is 0.497 e. The zero-order valence-corrected chi connectivity index (χ0v) is 18.5. The van der Waals surface area contributed by atoms with Crippen molar-refractivity contribution in [1.29, 1.82) is 0 Å². The highest BCUT2D eigenvalue weighted by Crippen LogP contribution is 2.24. The van der Waals surface area contributed by atoms with Crippen LogP contribution in [0.3, 0.4) is 0 Å². The summed E-state index contributed by atoms with van der Waals surface area (Å²) >= 11 is 6.02. The SMILES string of the molecule is COc1cccc(N2CCN(C(=O)c3ccc4ncn(-c5ccc(Cl)cc5)c4c3)CC2)c1. The van der Waals surface area contributed by atoms with Crippen molar-refractivity contribution in [2.75, 3.05) is 38.2 Å². The minimum Gasteiger partial charge on any atom is -0.497 e. The number of carbonyl (C=O) groups excluding carboxylic acids is 1. The lowest BCUT2D eigenvalue weighted by Gasteiger charge is -2.36. The van der Waals surface area contributed by atoms with E-state index in [-0.39, 0.29) is 5.91 Å². The number of hydrogen-bond donors (Lipinski definition) is 0. The fourth-order valence-corrected chi connectivity index (χ4v) is 4.23. The van der Waals surface area contributed by atoms with Gasteiger partial charge in [0.1, 0.15) is 12.1 Å². The van der Waals surface area contributed by atoms with Gasteiger partial charge in [0.25, 0.3) is 5.91 Å². The fraction of sp³-hybridized carbons (Fsp3) is 0.200. The molecule has 0 unspecified atom stereocenters. The van der Waals surface area contributed by atoms with Gasteiger partial charge in [-0.15, -0.1) is 0 Å². The van der Waals surface area contributed by atoms with E-state index in [1.54, 1.807) is 13.4 Å². The van der Waals surface area contributed by atoms with Crippen LogP contribution in [0, 0.1) is 0 Å². The first kappa shape index (κ1) is 20.4. The molecule has 1 aliphatic rings. The number of methoxy groups -OCH3 is 1. The Morgan fingerprint density at radius 2 is 1.72 bits per heavy atom. The van der Waals surface area contributed by atoms with Gasteiger partial charge in [-0.3, -0.25) is 9.36 Å². The van der Waals surface area contributed by atoms with Crippen molar-refractivity contribution in [2.24, 2.45) is 0 Å². The molecule has 0 atom stereocenters. The van der Waals surface area contributed by atoms with Gasteiger partial charge in [0, 0.05) is 54.2 Å². The molecule has 162 valence electrons. The molecule has 7 heteroatoms. The van der Waals surface area contributed by atoms with Gasteiger partial charge in [-0.2, -0.15) is 0 Å². The van der Waals surface area contributed by atoms with Crippen LogP contribution in [0.4, 0.5) is 5.69 Å². The lowest BCUT2D eigenvalue weighted by Crippen LogP contribution is -2.48. The predicted molar refractivity (Wildman–Crippen MR) is 127 cm³/mol. The molecule has 0 spiro atoms. The molecular formula is C25H23ClN4O2. The van der Waals surface area contributed by atoms with Crippen molar-refractivity contribution in [3.63, 3.8) is 0 Å². The molecule has 1 aromatic heterocycles. The van der Waals surface area contributed by atoms with Crippen LogP contribution in [0.1, 0.15) is 10.4 Å². The fourth-order valence-electron chi connectivity index (χ4n) is 4.11. The molecule has 1 saturated heterocycles. The molecule has 4 aromatic rings. The number of carbonyl (C=O) groups is 1. The van der Waals surface area contributed by atoms with Crippen molar-refractivity contribution >= 4 is 34.2 Å². The number of hydrogen-bond acceptors (Lipinski definition) is 4. The number of ether oxygens (including phenoxy) is 1. The Morgan fingerprint density at radius 3 is 2.47 bits per heavy atom. The minimum absolute atomic E-state index is 0.0426. The lowest BCUT2D eigenvalue weighted by atomic mass is 10.1. The number of aromatic nitrogens is 2. The Morgan fingerprint density at radius 1 is 0.938 bits per heavy atom. The average molecular weight is 447 g/mol. The predicted octanol–water partition coefficient (Wildman–Crippen LogP) is 4.65. The van der Waals surface area contributed by atoms with Gasteiger partial charge in [0.05, 0.1) is 18.1 Å². The summed E-state index contributed by atoms with van der Waals surface area (Å²) in [7, 11) is 1.67. The normalized spacial score (nSPS) is 14.1. The zero-order chi connectivity index (χ0) is 22.1. The van der Waals surface area contributed by atoms with Crippen LogP contribution in [0.15, 0.2) is 73.1 Å². The number of piperazine rings is 1. The third-order valence-corrected chi connectivity index (χ3v) is 6.14. The monoisotopic (exact) mass is 446 g/mol. The highest BCUT2D eigenvalue weighted by Gasteiger charge is 2.23. The van der Waals surface area contributed by atoms with Crippen molar-refractivity contribution in [2.45, 2.75) is 0 Å². The quantitative estimate of drug-likeness (QED) is 0.458. The first-order valence-electron chi connectivity index (χ1n) is 10.5. The first-order chi connectivity index (χ1) is 15.6. The van der Waals surface area contributed by atoms with Crippen LogP contribution in [0.2, 0.25) is 5.02 Å². The van der Waals surface area contributed by atoms with E-state index in [0.717, 1.165) is 41.2 Å². The van der Waals surface area contributed by atoms with Crippen molar-refractivity contribution < 1.29 is 9.53 Å². The van der Waals surface area contributed by atoms with Gasteiger partial charge in [0.15, 0.2) is 0 Å². The second-order valence-electron chi connectivity index (χ2n) is 7.78. The van der Waals surface area contributed by atoms with E-state index < -0.39 is 0 Å². The summed E-state index contributed by atoms with van der Waals surface area (Å²) in [4.78, 5) is 21.9. The van der Waals surface area contributed by atoms with Crippen LogP contribution in [-0.4, -0.2) is 53.6 Å². The van der Waals surface area contributed by atoms with Crippen LogP contribution in [0.5, 0.6) is 5.75 Å². The Bertz CT molecular complexity index is 1260. The van der Waals surface area contributed by atoms with Crippen molar-refractivity contribution in [1.82, 2.24) is 14.5 Å². The van der Waals surface area contributed by atoms with Crippen LogP contribution in [-0.2, 0) is 0 Å². The topological polar surface area (TPSA) is 50.6 Å². The highest BCUT2D eigenvalue weighted by molar-refractivity contribution is 6.30. The van der Waals surface area contributed by atoms with E-state index in [1.165, 1.54) is 0 Å². The average Bonchev–Trinajstić information content (AvgIpc) is 3.27. The van der Waals surface area contributed by atoms with E-state index in [4.69, 9.17) is 16.3 Å². The molecule has 1 aliphatic heterocycles. The van der Waals surface area contributed by atoms with Gasteiger partial charge in [-0.25, -0.2) is 4.98 Å². The standard InChI is InChI=1S/C25H23ClN4O2/c1-32-22-4-2-3-21(16-22)28-11-13-29(14-12-28)25(31)18-5-10-23-24(15-18)30(17-27-23)20-8-6-19(26)7-9-20/h2-10,15-17H,11-14H2,1H3. The molecule has 1 amide bonds.